The zero-order valence-electron chi connectivity index (χ0n) is 12.1. The smallest absolute Gasteiger partial charge is 0.179 e. The first kappa shape index (κ1) is 14.6. The second kappa shape index (κ2) is 6.58. The molecule has 2 rings (SSSR count). The van der Waals surface area contributed by atoms with Gasteiger partial charge < -0.3 is 0 Å². The lowest BCUT2D eigenvalue weighted by Crippen LogP contribution is -2.40. The van der Waals surface area contributed by atoms with E-state index in [9.17, 15) is 4.79 Å². The maximum atomic E-state index is 12.6. The minimum atomic E-state index is 0.000746. The lowest BCUT2D eigenvalue weighted by molar-refractivity contribution is 0.0848. The molecule has 0 amide bonds. The number of thioether (sulfide) groups is 1. The lowest BCUT2D eigenvalue weighted by Gasteiger charge is -2.26. The summed E-state index contributed by atoms with van der Waals surface area (Å²) in [6.07, 6.45) is 1.19. The van der Waals surface area contributed by atoms with Crippen molar-refractivity contribution in [1.29, 1.82) is 0 Å². The second-order valence-electron chi connectivity index (χ2n) is 5.34. The molecule has 1 aromatic carbocycles. The molecule has 1 unspecified atom stereocenters. The molecule has 19 heavy (non-hydrogen) atoms. The summed E-state index contributed by atoms with van der Waals surface area (Å²) in [5.41, 5.74) is 3.30. The van der Waals surface area contributed by atoms with E-state index in [1.807, 2.05) is 36.9 Å². The summed E-state index contributed by atoms with van der Waals surface area (Å²) >= 11 is 2.00. The zero-order chi connectivity index (χ0) is 13.8. The van der Waals surface area contributed by atoms with Gasteiger partial charge in [0.2, 0.25) is 0 Å². The summed E-state index contributed by atoms with van der Waals surface area (Å²) in [5.74, 6) is 2.63. The van der Waals surface area contributed by atoms with Crippen molar-refractivity contribution < 1.29 is 4.79 Å². The number of hydrogen-bond acceptors (Lipinski definition) is 3. The molecule has 3 heteroatoms. The number of nitrogens with zero attached hydrogens (tertiary/aromatic N) is 1. The van der Waals surface area contributed by atoms with Gasteiger partial charge >= 0.3 is 0 Å². The third-order valence-corrected chi connectivity index (χ3v) is 5.02. The van der Waals surface area contributed by atoms with Crippen LogP contribution in [0, 0.1) is 13.8 Å². The van der Waals surface area contributed by atoms with Crippen molar-refractivity contribution in [1.82, 2.24) is 4.90 Å². The normalized spacial score (nSPS) is 18.9. The average molecular weight is 277 g/mol. The quantitative estimate of drug-likeness (QED) is 0.791. The van der Waals surface area contributed by atoms with Crippen molar-refractivity contribution in [3.63, 3.8) is 0 Å². The summed E-state index contributed by atoms with van der Waals surface area (Å²) in [6.45, 7) is 8.28. The fraction of sp³-hybridized carbons (Fsp3) is 0.562. The molecule has 0 N–H and O–H groups in total. The zero-order valence-corrected chi connectivity index (χ0v) is 12.9. The Hall–Kier alpha value is -0.800. The minimum Gasteiger partial charge on any atom is -0.293 e. The molecule has 0 saturated carbocycles. The van der Waals surface area contributed by atoms with E-state index < -0.39 is 0 Å². The van der Waals surface area contributed by atoms with Gasteiger partial charge in [0.05, 0.1) is 6.04 Å². The molecular weight excluding hydrogens is 254 g/mol. The number of rotatable bonds is 3. The highest BCUT2D eigenvalue weighted by atomic mass is 32.2. The molecule has 0 bridgehead atoms. The molecule has 0 aliphatic carbocycles. The Labute approximate surface area is 120 Å². The third-order valence-electron chi connectivity index (χ3n) is 3.98. The van der Waals surface area contributed by atoms with Crippen molar-refractivity contribution in [2.24, 2.45) is 0 Å². The summed E-state index contributed by atoms with van der Waals surface area (Å²) in [6, 6.07) is 6.04. The van der Waals surface area contributed by atoms with Gasteiger partial charge in [-0.05, 0) is 56.7 Å². The molecule has 2 nitrogen and oxygen atoms in total. The summed E-state index contributed by atoms with van der Waals surface area (Å²) in [7, 11) is 0. The molecule has 1 fully saturated rings. The van der Waals surface area contributed by atoms with Crippen LogP contribution in [0.2, 0.25) is 0 Å². The number of carbonyl (C=O) groups excluding carboxylic acids is 1. The first-order chi connectivity index (χ1) is 9.09. The Morgan fingerprint density at radius 2 is 2.00 bits per heavy atom. The molecule has 0 spiro atoms. The summed E-state index contributed by atoms with van der Waals surface area (Å²) < 4.78 is 0. The van der Waals surface area contributed by atoms with E-state index in [1.54, 1.807) is 0 Å². The van der Waals surface area contributed by atoms with E-state index in [-0.39, 0.29) is 11.8 Å². The Morgan fingerprint density at radius 1 is 1.21 bits per heavy atom. The molecule has 104 valence electrons. The maximum absolute atomic E-state index is 12.6. The summed E-state index contributed by atoms with van der Waals surface area (Å²) in [4.78, 5) is 14.9. The number of hydrogen-bond donors (Lipinski definition) is 0. The van der Waals surface area contributed by atoms with Crippen LogP contribution in [-0.2, 0) is 0 Å². The Morgan fingerprint density at radius 3 is 2.74 bits per heavy atom. The van der Waals surface area contributed by atoms with Crippen LogP contribution in [-0.4, -0.2) is 41.3 Å². The van der Waals surface area contributed by atoms with Crippen LogP contribution >= 0.6 is 11.8 Å². The van der Waals surface area contributed by atoms with Crippen molar-refractivity contribution in [3.05, 3.63) is 34.9 Å². The van der Waals surface area contributed by atoms with Crippen LogP contribution in [0.25, 0.3) is 0 Å². The largest absolute Gasteiger partial charge is 0.293 e. The molecule has 1 aliphatic heterocycles. The van der Waals surface area contributed by atoms with Crippen LogP contribution in [0.15, 0.2) is 18.2 Å². The predicted octanol–water partition coefficient (Wildman–Crippen LogP) is 3.31. The van der Waals surface area contributed by atoms with Crippen molar-refractivity contribution in [2.75, 3.05) is 24.6 Å². The monoisotopic (exact) mass is 277 g/mol. The van der Waals surface area contributed by atoms with Gasteiger partial charge in [0.1, 0.15) is 0 Å². The van der Waals surface area contributed by atoms with Crippen LogP contribution < -0.4 is 0 Å². The number of carbonyl (C=O) groups is 1. The molecular formula is C16H23NOS. The van der Waals surface area contributed by atoms with E-state index in [1.165, 1.54) is 23.3 Å². The lowest BCUT2D eigenvalue weighted by atomic mass is 9.99. The fourth-order valence-electron chi connectivity index (χ4n) is 2.45. The van der Waals surface area contributed by atoms with Crippen molar-refractivity contribution in [3.8, 4) is 0 Å². The van der Waals surface area contributed by atoms with Gasteiger partial charge in [0.25, 0.3) is 0 Å². The SMILES string of the molecule is Cc1ccc(C(=O)C(C)N2CCCSCC2)cc1C. The van der Waals surface area contributed by atoms with Gasteiger partial charge in [-0.15, -0.1) is 0 Å². The van der Waals surface area contributed by atoms with Crippen LogP contribution in [0.1, 0.15) is 34.8 Å². The fourth-order valence-corrected chi connectivity index (χ4v) is 3.36. The second-order valence-corrected chi connectivity index (χ2v) is 6.57. The van der Waals surface area contributed by atoms with Gasteiger partial charge in [0, 0.05) is 17.9 Å². The summed E-state index contributed by atoms with van der Waals surface area (Å²) in [5, 5.41) is 0. The molecule has 1 atom stereocenters. The third kappa shape index (κ3) is 3.61. The van der Waals surface area contributed by atoms with Gasteiger partial charge in [-0.1, -0.05) is 12.1 Å². The van der Waals surface area contributed by atoms with Crippen molar-refractivity contribution >= 4 is 17.5 Å². The standard InChI is InChI=1S/C16H23NOS/c1-12-5-6-15(11-13(12)2)16(18)14(3)17-7-4-9-19-10-8-17/h5-6,11,14H,4,7-10H2,1-3H3. The van der Waals surface area contributed by atoms with E-state index in [0.717, 1.165) is 24.4 Å². The number of ketones is 1. The molecule has 1 heterocycles. The highest BCUT2D eigenvalue weighted by Crippen LogP contribution is 2.17. The van der Waals surface area contributed by atoms with Crippen molar-refractivity contribution in [2.45, 2.75) is 33.2 Å². The molecule has 0 radical (unpaired) electrons. The molecule has 1 aromatic rings. The van der Waals surface area contributed by atoms with E-state index >= 15 is 0 Å². The molecule has 0 aromatic heterocycles. The Bertz CT molecular complexity index is 450. The molecule has 1 aliphatic rings. The van der Waals surface area contributed by atoms with Gasteiger partial charge in [-0.25, -0.2) is 0 Å². The first-order valence-electron chi connectivity index (χ1n) is 7.03. The number of aryl methyl sites for hydroxylation is 2. The van der Waals surface area contributed by atoms with E-state index in [4.69, 9.17) is 0 Å². The van der Waals surface area contributed by atoms with Gasteiger partial charge in [0.15, 0.2) is 5.78 Å². The number of Topliss-reactive ketones (excluding diaryl/α,β-unsaturated/α-hetero) is 1. The van der Waals surface area contributed by atoms with Crippen LogP contribution in [0.5, 0.6) is 0 Å². The van der Waals surface area contributed by atoms with E-state index in [2.05, 4.69) is 18.7 Å². The molecule has 1 saturated heterocycles. The minimum absolute atomic E-state index is 0.000746. The maximum Gasteiger partial charge on any atom is 0.179 e. The van der Waals surface area contributed by atoms with Crippen LogP contribution in [0.4, 0.5) is 0 Å². The van der Waals surface area contributed by atoms with E-state index in [0.29, 0.717) is 0 Å². The first-order valence-corrected chi connectivity index (χ1v) is 8.18. The van der Waals surface area contributed by atoms with Crippen LogP contribution in [0.3, 0.4) is 0 Å². The number of benzene rings is 1. The highest BCUT2D eigenvalue weighted by Gasteiger charge is 2.23. The van der Waals surface area contributed by atoms with Gasteiger partial charge in [-0.3, -0.25) is 9.69 Å². The average Bonchev–Trinajstić information content (AvgIpc) is 2.69. The predicted molar refractivity (Wildman–Crippen MR) is 83.2 cm³/mol. The topological polar surface area (TPSA) is 20.3 Å². The Balaban J connectivity index is 2.10. The van der Waals surface area contributed by atoms with Gasteiger partial charge in [-0.2, -0.15) is 11.8 Å². The Kier molecular flexibility index (Phi) is 5.06. The highest BCUT2D eigenvalue weighted by molar-refractivity contribution is 7.99.